The fraction of sp³-hybridized carbons (Fsp3) is 0.273. The first-order valence-corrected chi connectivity index (χ1v) is 4.67. The van der Waals surface area contributed by atoms with E-state index in [1.807, 2.05) is 29.1 Å². The second-order valence-corrected chi connectivity index (χ2v) is 3.83. The molecule has 1 heterocycles. The molecule has 0 aliphatic heterocycles. The minimum Gasteiger partial charge on any atom is -0.399 e. The van der Waals surface area contributed by atoms with Gasteiger partial charge in [0.1, 0.15) is 0 Å². The Balaban J connectivity index is 2.47. The lowest BCUT2D eigenvalue weighted by molar-refractivity contribution is 0.650. The highest BCUT2D eigenvalue weighted by Gasteiger charge is 2.04. The molecule has 1 aromatic carbocycles. The lowest BCUT2D eigenvalue weighted by Crippen LogP contribution is -2.03. The highest BCUT2D eigenvalue weighted by Crippen LogP contribution is 2.17. The average Bonchev–Trinajstić information content (AvgIpc) is 2.47. The first-order valence-electron chi connectivity index (χ1n) is 4.67. The van der Waals surface area contributed by atoms with Crippen LogP contribution >= 0.6 is 0 Å². The first-order chi connectivity index (χ1) is 6.66. The second kappa shape index (κ2) is 3.33. The fourth-order valence-corrected chi connectivity index (χ4v) is 1.53. The van der Waals surface area contributed by atoms with Crippen LogP contribution in [0.3, 0.4) is 0 Å². The molecule has 3 heteroatoms. The molecule has 14 heavy (non-hydrogen) atoms. The van der Waals surface area contributed by atoms with Gasteiger partial charge in [-0.15, -0.1) is 0 Å². The van der Waals surface area contributed by atoms with Crippen molar-refractivity contribution in [2.75, 3.05) is 5.73 Å². The van der Waals surface area contributed by atoms with Gasteiger partial charge in [-0.05, 0) is 24.1 Å². The quantitative estimate of drug-likeness (QED) is 0.734. The number of hydrogen-bond donors (Lipinski definition) is 1. The number of nitrogens with zero attached hydrogens (tertiary/aromatic N) is 2. The molecular formula is C11H14N3. The summed E-state index contributed by atoms with van der Waals surface area (Å²) in [4.78, 5) is 0. The molecule has 2 rings (SSSR count). The Hall–Kier alpha value is -1.51. The van der Waals surface area contributed by atoms with E-state index in [2.05, 4.69) is 18.9 Å². The van der Waals surface area contributed by atoms with Crippen LogP contribution in [0, 0.1) is 5.92 Å². The Labute approximate surface area is 83.5 Å². The summed E-state index contributed by atoms with van der Waals surface area (Å²) in [6.07, 6.45) is 1.86. The summed E-state index contributed by atoms with van der Waals surface area (Å²) in [5.41, 5.74) is 7.62. The largest absolute Gasteiger partial charge is 0.399 e. The summed E-state index contributed by atoms with van der Waals surface area (Å²) in [5, 5.41) is 5.42. The second-order valence-electron chi connectivity index (χ2n) is 3.83. The van der Waals surface area contributed by atoms with Crippen molar-refractivity contribution in [3.05, 3.63) is 30.3 Å². The van der Waals surface area contributed by atoms with Crippen molar-refractivity contribution in [1.29, 1.82) is 0 Å². The number of aromatic nitrogens is 2. The molecule has 0 amide bonds. The number of rotatable bonds is 2. The monoisotopic (exact) mass is 188 g/mol. The fourth-order valence-electron chi connectivity index (χ4n) is 1.53. The molecule has 2 N–H and O–H groups in total. The molecule has 0 atom stereocenters. The van der Waals surface area contributed by atoms with Gasteiger partial charge in [0, 0.05) is 17.6 Å². The summed E-state index contributed by atoms with van der Waals surface area (Å²) in [6.45, 7) is 5.07. The maximum atomic E-state index is 5.69. The molecular weight excluding hydrogens is 174 g/mol. The van der Waals surface area contributed by atoms with Gasteiger partial charge in [0.15, 0.2) is 0 Å². The molecule has 3 nitrogen and oxygen atoms in total. The standard InChI is InChI=1S/C11H14N3/c1-8(2)7-14-11-4-3-10(12)5-9(11)6-13-14/h3-6H,7,12H2,1-2H3. The van der Waals surface area contributed by atoms with E-state index >= 15 is 0 Å². The van der Waals surface area contributed by atoms with Gasteiger partial charge in [0.05, 0.1) is 11.7 Å². The minimum absolute atomic E-state index is 0.786. The van der Waals surface area contributed by atoms with Crippen LogP contribution in [0.2, 0.25) is 0 Å². The van der Waals surface area contributed by atoms with Gasteiger partial charge in [-0.25, -0.2) is 0 Å². The van der Waals surface area contributed by atoms with E-state index in [9.17, 15) is 0 Å². The third-order valence-electron chi connectivity index (χ3n) is 2.13. The molecule has 0 fully saturated rings. The van der Waals surface area contributed by atoms with Gasteiger partial charge in [-0.3, -0.25) is 4.68 Å². The SMILES string of the molecule is C[C](C)Cn1ncc2cc(N)ccc21. The third-order valence-corrected chi connectivity index (χ3v) is 2.13. The van der Waals surface area contributed by atoms with Gasteiger partial charge in [-0.1, -0.05) is 13.8 Å². The average molecular weight is 188 g/mol. The van der Waals surface area contributed by atoms with Crippen molar-refractivity contribution in [3.8, 4) is 0 Å². The Kier molecular flexibility index (Phi) is 2.15. The minimum atomic E-state index is 0.786. The predicted octanol–water partition coefficient (Wildman–Crippen LogP) is 2.23. The van der Waals surface area contributed by atoms with Crippen LogP contribution in [-0.4, -0.2) is 9.78 Å². The van der Waals surface area contributed by atoms with Gasteiger partial charge >= 0.3 is 0 Å². The highest BCUT2D eigenvalue weighted by atomic mass is 15.3. The first kappa shape index (κ1) is 9.06. The number of benzene rings is 1. The summed E-state index contributed by atoms with van der Waals surface area (Å²) >= 11 is 0. The number of anilines is 1. The van der Waals surface area contributed by atoms with Gasteiger partial charge in [0.2, 0.25) is 0 Å². The van der Waals surface area contributed by atoms with Crippen LogP contribution in [0.4, 0.5) is 5.69 Å². The lowest BCUT2D eigenvalue weighted by Gasteiger charge is -2.05. The van der Waals surface area contributed by atoms with Crippen molar-refractivity contribution in [1.82, 2.24) is 9.78 Å². The van der Waals surface area contributed by atoms with E-state index in [0.717, 1.165) is 23.1 Å². The summed E-state index contributed by atoms with van der Waals surface area (Å²) in [6, 6.07) is 5.87. The number of nitrogens with two attached hydrogens (primary N) is 1. The molecule has 1 radical (unpaired) electrons. The third kappa shape index (κ3) is 1.58. The Bertz CT molecular complexity index is 443. The smallest absolute Gasteiger partial charge is 0.0684 e. The predicted molar refractivity (Wildman–Crippen MR) is 58.7 cm³/mol. The maximum absolute atomic E-state index is 5.69. The van der Waals surface area contributed by atoms with Crippen molar-refractivity contribution in [2.24, 2.45) is 0 Å². The summed E-state index contributed by atoms with van der Waals surface area (Å²) in [5.74, 6) is 1.34. The van der Waals surface area contributed by atoms with Crippen molar-refractivity contribution < 1.29 is 0 Å². The molecule has 0 aliphatic rings. The Morgan fingerprint density at radius 1 is 1.43 bits per heavy atom. The lowest BCUT2D eigenvalue weighted by atomic mass is 10.2. The van der Waals surface area contributed by atoms with Gasteiger partial charge < -0.3 is 5.73 Å². The van der Waals surface area contributed by atoms with Gasteiger partial charge in [-0.2, -0.15) is 5.10 Å². The molecule has 0 saturated carbocycles. The zero-order chi connectivity index (χ0) is 10.1. The topological polar surface area (TPSA) is 43.8 Å². The van der Waals surface area contributed by atoms with Crippen LogP contribution in [0.15, 0.2) is 24.4 Å². The number of hydrogen-bond acceptors (Lipinski definition) is 2. The van der Waals surface area contributed by atoms with E-state index < -0.39 is 0 Å². The molecule has 0 unspecified atom stereocenters. The van der Waals surface area contributed by atoms with E-state index in [-0.39, 0.29) is 0 Å². The van der Waals surface area contributed by atoms with Crippen LogP contribution < -0.4 is 5.73 Å². The molecule has 0 bridgehead atoms. The maximum Gasteiger partial charge on any atom is 0.0684 e. The van der Waals surface area contributed by atoms with Crippen LogP contribution in [0.25, 0.3) is 10.9 Å². The molecule has 73 valence electrons. The molecule has 0 spiro atoms. The van der Waals surface area contributed by atoms with Gasteiger partial charge in [0.25, 0.3) is 0 Å². The summed E-state index contributed by atoms with van der Waals surface area (Å²) in [7, 11) is 0. The van der Waals surface area contributed by atoms with Crippen molar-refractivity contribution in [2.45, 2.75) is 20.4 Å². The van der Waals surface area contributed by atoms with Crippen molar-refractivity contribution in [3.63, 3.8) is 0 Å². The van der Waals surface area contributed by atoms with E-state index in [0.29, 0.717) is 0 Å². The van der Waals surface area contributed by atoms with Crippen molar-refractivity contribution >= 4 is 16.6 Å². The zero-order valence-corrected chi connectivity index (χ0v) is 8.49. The normalized spacial score (nSPS) is 11.4. The Morgan fingerprint density at radius 2 is 2.21 bits per heavy atom. The number of fused-ring (bicyclic) bond motifs is 1. The van der Waals surface area contributed by atoms with Crippen LogP contribution in [-0.2, 0) is 6.54 Å². The molecule has 1 aromatic heterocycles. The molecule has 0 aliphatic carbocycles. The molecule has 2 aromatic rings. The zero-order valence-electron chi connectivity index (χ0n) is 8.49. The van der Waals surface area contributed by atoms with E-state index in [1.165, 1.54) is 5.92 Å². The van der Waals surface area contributed by atoms with Crippen LogP contribution in [0.5, 0.6) is 0 Å². The summed E-state index contributed by atoms with van der Waals surface area (Å²) < 4.78 is 1.99. The molecule has 0 saturated heterocycles. The Morgan fingerprint density at radius 3 is 2.93 bits per heavy atom. The van der Waals surface area contributed by atoms with E-state index in [4.69, 9.17) is 5.73 Å². The van der Waals surface area contributed by atoms with E-state index in [1.54, 1.807) is 0 Å². The van der Waals surface area contributed by atoms with Crippen LogP contribution in [0.1, 0.15) is 13.8 Å². The highest BCUT2D eigenvalue weighted by molar-refractivity contribution is 5.81. The number of nitrogen functional groups attached to an aromatic ring is 1.